The zero-order valence-corrected chi connectivity index (χ0v) is 9.02. The van der Waals surface area contributed by atoms with Gasteiger partial charge in [0, 0.05) is 0 Å². The van der Waals surface area contributed by atoms with Crippen LogP contribution in [0.25, 0.3) is 0 Å². The second kappa shape index (κ2) is 8.60. The molecule has 0 aromatic rings. The van der Waals surface area contributed by atoms with Crippen LogP contribution < -0.4 is 0 Å². The molecule has 0 N–H and O–H groups in total. The molecule has 0 saturated carbocycles. The maximum Gasteiger partial charge on any atom is 0.416 e. The molecule has 0 bridgehead atoms. The Kier molecular flexibility index (Phi) is 9.51. The molecule has 0 heterocycles. The number of hydrogen-bond acceptors (Lipinski definition) is 0. The van der Waals surface area contributed by atoms with E-state index in [0.717, 1.165) is 12.2 Å². The lowest BCUT2D eigenvalue weighted by molar-refractivity contribution is -0.0881. The maximum atomic E-state index is 12.1. The summed E-state index contributed by atoms with van der Waals surface area (Å²) in [6, 6.07) is 0. The van der Waals surface area contributed by atoms with Crippen LogP contribution in [-0.2, 0) is 0 Å². The van der Waals surface area contributed by atoms with Gasteiger partial charge < -0.3 is 0 Å². The van der Waals surface area contributed by atoms with E-state index >= 15 is 0 Å². The molecule has 0 radical (unpaired) electrons. The van der Waals surface area contributed by atoms with Crippen molar-refractivity contribution in [3.05, 3.63) is 36.0 Å². The van der Waals surface area contributed by atoms with Crippen LogP contribution in [0.5, 0.6) is 0 Å². The normalized spacial score (nSPS) is 13.2. The van der Waals surface area contributed by atoms with E-state index < -0.39 is 11.7 Å². The van der Waals surface area contributed by atoms with Gasteiger partial charge in [0.25, 0.3) is 0 Å². The molecule has 0 aromatic heterocycles. The van der Waals surface area contributed by atoms with Crippen LogP contribution in [0, 0.1) is 0 Å². The molecule has 0 unspecified atom stereocenters. The molecular weight excluding hydrogens is 189 g/mol. The first-order valence-corrected chi connectivity index (χ1v) is 4.55. The Balaban J connectivity index is 0. The third kappa shape index (κ3) is 7.65. The molecule has 0 fully saturated rings. The van der Waals surface area contributed by atoms with Crippen LogP contribution in [0.1, 0.15) is 27.7 Å². The van der Waals surface area contributed by atoms with Crippen LogP contribution in [0.4, 0.5) is 13.2 Å². The summed E-state index contributed by atoms with van der Waals surface area (Å²) in [5.41, 5.74) is -0.636. The van der Waals surface area contributed by atoms with E-state index in [4.69, 9.17) is 0 Å². The highest BCUT2D eigenvalue weighted by Gasteiger charge is 2.30. The fourth-order valence-electron chi connectivity index (χ4n) is 0.624. The largest absolute Gasteiger partial charge is 0.416 e. The van der Waals surface area contributed by atoms with Crippen molar-refractivity contribution >= 4 is 0 Å². The molecule has 0 amide bonds. The molecule has 0 aliphatic carbocycles. The molecule has 14 heavy (non-hydrogen) atoms. The Hall–Kier alpha value is -0.990. The quantitative estimate of drug-likeness (QED) is 0.577. The molecule has 0 aromatic carbocycles. The van der Waals surface area contributed by atoms with E-state index in [9.17, 15) is 13.2 Å². The van der Waals surface area contributed by atoms with Crippen LogP contribution >= 0.6 is 0 Å². The summed E-state index contributed by atoms with van der Waals surface area (Å²) in [5.74, 6) is 0. The van der Waals surface area contributed by atoms with Gasteiger partial charge in [0.2, 0.25) is 0 Å². The summed E-state index contributed by atoms with van der Waals surface area (Å²) in [6.45, 7) is 7.22. The molecule has 3 heteroatoms. The van der Waals surface area contributed by atoms with E-state index in [2.05, 4.69) is 0 Å². The number of hydrogen-bond donors (Lipinski definition) is 0. The van der Waals surface area contributed by atoms with Crippen molar-refractivity contribution in [1.82, 2.24) is 0 Å². The highest BCUT2D eigenvalue weighted by molar-refractivity contribution is 5.27. The van der Waals surface area contributed by atoms with Gasteiger partial charge >= 0.3 is 6.18 Å². The van der Waals surface area contributed by atoms with Crippen LogP contribution in [0.2, 0.25) is 0 Å². The summed E-state index contributed by atoms with van der Waals surface area (Å²) >= 11 is 0. The monoisotopic (exact) mass is 206 g/mol. The summed E-state index contributed by atoms with van der Waals surface area (Å²) < 4.78 is 36.2. The standard InChI is InChI=1S/C9H11F3.C2H6/c1-3-5-7-8(6-4-2)9(10,11)12;1-2/h3-7H,1-2H3;1-2H3/b5-3+,6-4-,8-7+;. The van der Waals surface area contributed by atoms with Crippen molar-refractivity contribution in [2.75, 3.05) is 0 Å². The summed E-state index contributed by atoms with van der Waals surface area (Å²) in [4.78, 5) is 0. The smallest absolute Gasteiger partial charge is 0.166 e. The predicted molar refractivity (Wildman–Crippen MR) is 55.1 cm³/mol. The van der Waals surface area contributed by atoms with Gasteiger partial charge in [-0.05, 0) is 13.8 Å². The van der Waals surface area contributed by atoms with E-state index in [0.29, 0.717) is 0 Å². The molecular formula is C11H17F3. The van der Waals surface area contributed by atoms with Crippen LogP contribution in [-0.4, -0.2) is 6.18 Å². The van der Waals surface area contributed by atoms with E-state index in [1.54, 1.807) is 19.9 Å². The Bertz CT molecular complexity index is 207. The maximum absolute atomic E-state index is 12.1. The Morgan fingerprint density at radius 1 is 1.00 bits per heavy atom. The molecule has 0 nitrogen and oxygen atoms in total. The fraction of sp³-hybridized carbons (Fsp3) is 0.455. The number of halogens is 3. The third-order valence-electron chi connectivity index (χ3n) is 1.14. The van der Waals surface area contributed by atoms with Crippen molar-refractivity contribution in [1.29, 1.82) is 0 Å². The van der Waals surface area contributed by atoms with Gasteiger partial charge in [0.15, 0.2) is 0 Å². The topological polar surface area (TPSA) is 0 Å². The minimum absolute atomic E-state index is 0.636. The van der Waals surface area contributed by atoms with Crippen LogP contribution in [0.15, 0.2) is 36.0 Å². The van der Waals surface area contributed by atoms with Crippen molar-refractivity contribution < 1.29 is 13.2 Å². The van der Waals surface area contributed by atoms with Gasteiger partial charge in [-0.25, -0.2) is 0 Å². The van der Waals surface area contributed by atoms with Crippen LogP contribution in [0.3, 0.4) is 0 Å². The van der Waals surface area contributed by atoms with Gasteiger partial charge in [-0.2, -0.15) is 13.2 Å². The molecule has 0 spiro atoms. The third-order valence-corrected chi connectivity index (χ3v) is 1.14. The average molecular weight is 206 g/mol. The van der Waals surface area contributed by atoms with Crippen molar-refractivity contribution in [2.45, 2.75) is 33.9 Å². The first-order chi connectivity index (χ1) is 6.52. The van der Waals surface area contributed by atoms with Gasteiger partial charge in [-0.15, -0.1) is 0 Å². The van der Waals surface area contributed by atoms with Gasteiger partial charge in [-0.3, -0.25) is 0 Å². The Morgan fingerprint density at radius 2 is 1.50 bits per heavy atom. The summed E-state index contributed by atoms with van der Waals surface area (Å²) in [6.07, 6.45) is 2.10. The number of allylic oxidation sites excluding steroid dienone is 6. The second-order valence-corrected chi connectivity index (χ2v) is 2.15. The van der Waals surface area contributed by atoms with E-state index in [1.807, 2.05) is 13.8 Å². The molecule has 0 aliphatic rings. The molecule has 0 rings (SSSR count). The van der Waals surface area contributed by atoms with E-state index in [1.165, 1.54) is 12.2 Å². The van der Waals surface area contributed by atoms with Gasteiger partial charge in [0.1, 0.15) is 0 Å². The second-order valence-electron chi connectivity index (χ2n) is 2.15. The average Bonchev–Trinajstić information content (AvgIpc) is 2.14. The molecule has 0 atom stereocenters. The van der Waals surface area contributed by atoms with E-state index in [-0.39, 0.29) is 0 Å². The lowest BCUT2D eigenvalue weighted by atomic mass is 10.2. The van der Waals surface area contributed by atoms with Crippen molar-refractivity contribution in [2.24, 2.45) is 0 Å². The number of alkyl halides is 3. The molecule has 0 saturated heterocycles. The highest BCUT2D eigenvalue weighted by Crippen LogP contribution is 2.26. The highest BCUT2D eigenvalue weighted by atomic mass is 19.4. The zero-order chi connectivity index (χ0) is 11.6. The Morgan fingerprint density at radius 3 is 1.79 bits per heavy atom. The van der Waals surface area contributed by atoms with Crippen molar-refractivity contribution in [3.63, 3.8) is 0 Å². The molecule has 0 aliphatic heterocycles. The zero-order valence-electron chi connectivity index (χ0n) is 9.02. The van der Waals surface area contributed by atoms with Crippen molar-refractivity contribution in [3.8, 4) is 0 Å². The minimum atomic E-state index is -4.26. The first-order valence-electron chi connectivity index (χ1n) is 4.55. The Labute approximate surface area is 83.8 Å². The lowest BCUT2D eigenvalue weighted by Gasteiger charge is -2.05. The minimum Gasteiger partial charge on any atom is -0.166 e. The summed E-state index contributed by atoms with van der Waals surface area (Å²) in [5, 5.41) is 0. The SMILES string of the molecule is CC.C\C=C/C(=C\C=C\C)C(F)(F)F. The summed E-state index contributed by atoms with van der Waals surface area (Å²) in [7, 11) is 0. The molecule has 82 valence electrons. The fourth-order valence-corrected chi connectivity index (χ4v) is 0.624. The predicted octanol–water partition coefficient (Wildman–Crippen LogP) is 4.65. The number of rotatable bonds is 2. The van der Waals surface area contributed by atoms with Gasteiger partial charge in [0.05, 0.1) is 5.57 Å². The van der Waals surface area contributed by atoms with Gasteiger partial charge in [-0.1, -0.05) is 44.2 Å². The first kappa shape index (κ1) is 15.5. The lowest BCUT2D eigenvalue weighted by Crippen LogP contribution is -2.09.